The fourth-order valence-electron chi connectivity index (χ4n) is 2.87. The highest BCUT2D eigenvalue weighted by atomic mass is 16.3. The van der Waals surface area contributed by atoms with E-state index in [9.17, 15) is 15.0 Å². The summed E-state index contributed by atoms with van der Waals surface area (Å²) in [7, 11) is 0. The first-order chi connectivity index (χ1) is 8.88. The number of benzene rings is 1. The normalized spacial score (nSPS) is 27.3. The molecule has 0 radical (unpaired) electrons. The third kappa shape index (κ3) is 2.83. The quantitative estimate of drug-likeness (QED) is 0.818. The topological polar surface area (TPSA) is 60.8 Å². The van der Waals surface area contributed by atoms with Crippen LogP contribution in [0.2, 0.25) is 0 Å². The van der Waals surface area contributed by atoms with Crippen molar-refractivity contribution in [1.82, 2.24) is 4.90 Å². The maximum Gasteiger partial charge on any atom is 0.254 e. The number of nitrogens with zero attached hydrogens (tertiary/aromatic N) is 1. The van der Waals surface area contributed by atoms with E-state index >= 15 is 0 Å². The molecule has 1 saturated heterocycles. The molecule has 0 saturated carbocycles. The van der Waals surface area contributed by atoms with Crippen molar-refractivity contribution in [3.63, 3.8) is 0 Å². The highest BCUT2D eigenvalue weighted by molar-refractivity contribution is 5.95. The number of phenols is 2. The van der Waals surface area contributed by atoms with E-state index in [0.717, 1.165) is 13.0 Å². The van der Waals surface area contributed by atoms with E-state index in [4.69, 9.17) is 0 Å². The molecular formula is C15H21NO3. The Labute approximate surface area is 113 Å². The Balaban J connectivity index is 2.27. The first kappa shape index (κ1) is 13.7. The van der Waals surface area contributed by atoms with Crippen LogP contribution in [0.1, 0.15) is 37.6 Å². The molecular weight excluding hydrogens is 242 g/mol. The van der Waals surface area contributed by atoms with Gasteiger partial charge in [-0.3, -0.25) is 4.79 Å². The molecule has 2 rings (SSSR count). The highest BCUT2D eigenvalue weighted by Gasteiger charge is 2.32. The SMILES string of the molecule is CC1CC(C)C(C)N(C(=O)c2cc(O)cc(O)c2)C1. The number of hydrogen-bond donors (Lipinski definition) is 2. The van der Waals surface area contributed by atoms with Crippen LogP contribution in [0, 0.1) is 11.8 Å². The summed E-state index contributed by atoms with van der Waals surface area (Å²) >= 11 is 0. The fraction of sp³-hybridized carbons (Fsp3) is 0.533. The van der Waals surface area contributed by atoms with Gasteiger partial charge in [0, 0.05) is 24.2 Å². The van der Waals surface area contributed by atoms with E-state index in [1.807, 2.05) is 4.90 Å². The number of carbonyl (C=O) groups excluding carboxylic acids is 1. The Kier molecular flexibility index (Phi) is 3.69. The van der Waals surface area contributed by atoms with E-state index < -0.39 is 0 Å². The van der Waals surface area contributed by atoms with E-state index in [0.29, 0.717) is 17.4 Å². The van der Waals surface area contributed by atoms with Gasteiger partial charge in [-0.2, -0.15) is 0 Å². The molecule has 4 nitrogen and oxygen atoms in total. The second kappa shape index (κ2) is 5.11. The second-order valence-electron chi connectivity index (χ2n) is 5.75. The fourth-order valence-corrected chi connectivity index (χ4v) is 2.87. The van der Waals surface area contributed by atoms with Gasteiger partial charge < -0.3 is 15.1 Å². The molecule has 2 N–H and O–H groups in total. The van der Waals surface area contributed by atoms with Crippen LogP contribution in [0.4, 0.5) is 0 Å². The van der Waals surface area contributed by atoms with E-state index in [1.54, 1.807) is 0 Å². The van der Waals surface area contributed by atoms with Gasteiger partial charge in [0.25, 0.3) is 5.91 Å². The van der Waals surface area contributed by atoms with Gasteiger partial charge in [-0.05, 0) is 37.3 Å². The Morgan fingerprint density at radius 1 is 1.16 bits per heavy atom. The second-order valence-corrected chi connectivity index (χ2v) is 5.75. The number of likely N-dealkylation sites (tertiary alicyclic amines) is 1. The molecule has 0 bridgehead atoms. The van der Waals surface area contributed by atoms with Crippen molar-refractivity contribution < 1.29 is 15.0 Å². The minimum absolute atomic E-state index is 0.0888. The van der Waals surface area contributed by atoms with Crippen molar-refractivity contribution in [3.05, 3.63) is 23.8 Å². The van der Waals surface area contributed by atoms with Crippen LogP contribution >= 0.6 is 0 Å². The summed E-state index contributed by atoms with van der Waals surface area (Å²) in [6.45, 7) is 7.07. The molecule has 104 valence electrons. The lowest BCUT2D eigenvalue weighted by Crippen LogP contribution is -2.48. The Bertz CT molecular complexity index is 466. The van der Waals surface area contributed by atoms with Crippen molar-refractivity contribution in [3.8, 4) is 11.5 Å². The number of amides is 1. The molecule has 0 aliphatic carbocycles. The molecule has 3 atom stereocenters. The van der Waals surface area contributed by atoms with Gasteiger partial charge in [0.1, 0.15) is 11.5 Å². The van der Waals surface area contributed by atoms with Gasteiger partial charge >= 0.3 is 0 Å². The van der Waals surface area contributed by atoms with E-state index in [-0.39, 0.29) is 23.4 Å². The van der Waals surface area contributed by atoms with Gasteiger partial charge in [0.15, 0.2) is 0 Å². The molecule has 0 aromatic heterocycles. The summed E-state index contributed by atoms with van der Waals surface area (Å²) < 4.78 is 0. The molecule has 1 aromatic carbocycles. The molecule has 1 amide bonds. The monoisotopic (exact) mass is 263 g/mol. The van der Waals surface area contributed by atoms with Gasteiger partial charge in [-0.25, -0.2) is 0 Å². The predicted molar refractivity (Wildman–Crippen MR) is 73.2 cm³/mol. The average Bonchev–Trinajstić information content (AvgIpc) is 2.31. The standard InChI is InChI=1S/C15H21NO3/c1-9-4-10(2)11(3)16(8-9)15(19)12-5-13(17)7-14(18)6-12/h5-7,9-11,17-18H,4,8H2,1-3H3. The zero-order chi connectivity index (χ0) is 14.2. The molecule has 4 heteroatoms. The lowest BCUT2D eigenvalue weighted by Gasteiger charge is -2.41. The Morgan fingerprint density at radius 2 is 1.74 bits per heavy atom. The average molecular weight is 263 g/mol. The summed E-state index contributed by atoms with van der Waals surface area (Å²) in [4.78, 5) is 14.3. The molecule has 0 spiro atoms. The zero-order valence-corrected chi connectivity index (χ0v) is 11.6. The van der Waals surface area contributed by atoms with Crippen LogP contribution in [-0.2, 0) is 0 Å². The Hall–Kier alpha value is -1.71. The number of rotatable bonds is 1. The van der Waals surface area contributed by atoms with Crippen molar-refractivity contribution in [2.45, 2.75) is 33.2 Å². The van der Waals surface area contributed by atoms with Crippen LogP contribution in [-0.4, -0.2) is 33.6 Å². The van der Waals surface area contributed by atoms with Crippen molar-refractivity contribution in [2.24, 2.45) is 11.8 Å². The van der Waals surface area contributed by atoms with Crippen LogP contribution < -0.4 is 0 Å². The smallest absolute Gasteiger partial charge is 0.254 e. The first-order valence-corrected chi connectivity index (χ1v) is 6.72. The van der Waals surface area contributed by atoms with Crippen LogP contribution in [0.15, 0.2) is 18.2 Å². The molecule has 1 heterocycles. The maximum absolute atomic E-state index is 12.5. The molecule has 3 unspecified atom stereocenters. The molecule has 1 aliphatic rings. The number of piperidine rings is 1. The molecule has 1 aliphatic heterocycles. The van der Waals surface area contributed by atoms with E-state index in [2.05, 4.69) is 20.8 Å². The van der Waals surface area contributed by atoms with Gasteiger partial charge in [-0.1, -0.05) is 13.8 Å². The Morgan fingerprint density at radius 3 is 2.32 bits per heavy atom. The van der Waals surface area contributed by atoms with Gasteiger partial charge in [0.05, 0.1) is 0 Å². The summed E-state index contributed by atoms with van der Waals surface area (Å²) in [5.74, 6) is 0.625. The number of carbonyl (C=O) groups is 1. The maximum atomic E-state index is 12.5. The van der Waals surface area contributed by atoms with Gasteiger partial charge in [0.2, 0.25) is 0 Å². The summed E-state index contributed by atoms with van der Waals surface area (Å²) in [6.07, 6.45) is 1.12. The van der Waals surface area contributed by atoms with Crippen LogP contribution in [0.25, 0.3) is 0 Å². The number of hydrogen-bond acceptors (Lipinski definition) is 3. The number of aromatic hydroxyl groups is 2. The third-order valence-corrected chi connectivity index (χ3v) is 4.01. The molecule has 1 fully saturated rings. The first-order valence-electron chi connectivity index (χ1n) is 6.72. The van der Waals surface area contributed by atoms with Crippen molar-refractivity contribution in [1.29, 1.82) is 0 Å². The van der Waals surface area contributed by atoms with E-state index in [1.165, 1.54) is 18.2 Å². The minimum Gasteiger partial charge on any atom is -0.508 e. The largest absolute Gasteiger partial charge is 0.508 e. The summed E-state index contributed by atoms with van der Waals surface area (Å²) in [5.41, 5.74) is 0.339. The van der Waals surface area contributed by atoms with Crippen molar-refractivity contribution in [2.75, 3.05) is 6.54 Å². The molecule has 19 heavy (non-hydrogen) atoms. The minimum atomic E-state index is -0.128. The number of phenolic OH excluding ortho intramolecular Hbond substituents is 2. The molecule has 1 aromatic rings. The van der Waals surface area contributed by atoms with Crippen molar-refractivity contribution >= 4 is 5.91 Å². The lowest BCUT2D eigenvalue weighted by molar-refractivity contribution is 0.0455. The third-order valence-electron chi connectivity index (χ3n) is 4.01. The lowest BCUT2D eigenvalue weighted by atomic mass is 9.85. The summed E-state index contributed by atoms with van der Waals surface area (Å²) in [6, 6.07) is 4.20. The van der Waals surface area contributed by atoms with Crippen LogP contribution in [0.5, 0.6) is 11.5 Å². The van der Waals surface area contributed by atoms with Crippen LogP contribution in [0.3, 0.4) is 0 Å². The zero-order valence-electron chi connectivity index (χ0n) is 11.6. The summed E-state index contributed by atoms with van der Waals surface area (Å²) in [5, 5.41) is 19.0. The predicted octanol–water partition coefficient (Wildman–Crippen LogP) is 2.60. The highest BCUT2D eigenvalue weighted by Crippen LogP contribution is 2.29. The van der Waals surface area contributed by atoms with Gasteiger partial charge in [-0.15, -0.1) is 0 Å².